The van der Waals surface area contributed by atoms with E-state index in [1.54, 1.807) is 18.3 Å². The zero-order chi connectivity index (χ0) is 16.5. The first-order valence-corrected chi connectivity index (χ1v) is 8.44. The Morgan fingerprint density at radius 2 is 2.12 bits per heavy atom. The number of amides is 2. The number of rotatable bonds is 4. The number of nitrogens with zero attached hydrogens (tertiary/aromatic N) is 1. The molecule has 1 aliphatic rings. The first kappa shape index (κ1) is 14.9. The van der Waals surface area contributed by atoms with Crippen molar-refractivity contribution in [2.45, 2.75) is 18.9 Å². The summed E-state index contributed by atoms with van der Waals surface area (Å²) in [5, 5.41) is 7.31. The number of halogens is 1. The van der Waals surface area contributed by atoms with Gasteiger partial charge in [-0.05, 0) is 36.4 Å². The van der Waals surface area contributed by atoms with Gasteiger partial charge in [-0.2, -0.15) is 0 Å². The number of thiophene rings is 1. The summed E-state index contributed by atoms with van der Waals surface area (Å²) in [6.07, 6.45) is 3.62. The molecule has 3 aromatic rings. The molecule has 2 amide bonds. The molecule has 122 valence electrons. The summed E-state index contributed by atoms with van der Waals surface area (Å²) >= 11 is 1.49. The number of carbonyl (C=O) groups excluding carboxylic acids is 1. The third kappa shape index (κ3) is 3.16. The van der Waals surface area contributed by atoms with Crippen molar-refractivity contribution in [3.63, 3.8) is 0 Å². The molecular weight excluding hydrogens is 329 g/mol. The largest absolute Gasteiger partial charge is 0.453 e. The molecule has 0 atom stereocenters. The van der Waals surface area contributed by atoms with Crippen LogP contribution < -0.4 is 15.4 Å². The summed E-state index contributed by atoms with van der Waals surface area (Å²) in [6.45, 7) is 0. The number of hydrogen-bond donors (Lipinski definition) is 2. The van der Waals surface area contributed by atoms with Crippen LogP contribution in [0.15, 0.2) is 41.9 Å². The SMILES string of the molecule is O=C(Nc1ccc(Oc2ccnc3ccsc23)c(F)c1)NC1CC1. The Morgan fingerprint density at radius 1 is 1.25 bits per heavy atom. The Bertz CT molecular complexity index is 908. The van der Waals surface area contributed by atoms with Gasteiger partial charge < -0.3 is 15.4 Å². The topological polar surface area (TPSA) is 63.2 Å². The number of fused-ring (bicyclic) bond motifs is 1. The third-order valence-electron chi connectivity index (χ3n) is 3.63. The van der Waals surface area contributed by atoms with Crippen LogP contribution in [-0.4, -0.2) is 17.1 Å². The fraction of sp³-hybridized carbons (Fsp3) is 0.176. The van der Waals surface area contributed by atoms with E-state index in [2.05, 4.69) is 15.6 Å². The Balaban J connectivity index is 1.51. The monoisotopic (exact) mass is 343 g/mol. The Kier molecular flexibility index (Phi) is 3.78. The van der Waals surface area contributed by atoms with Gasteiger partial charge in [0.15, 0.2) is 11.6 Å². The lowest BCUT2D eigenvalue weighted by molar-refractivity contribution is 0.251. The van der Waals surface area contributed by atoms with E-state index in [-0.39, 0.29) is 17.8 Å². The van der Waals surface area contributed by atoms with E-state index in [4.69, 9.17) is 4.74 Å². The van der Waals surface area contributed by atoms with Gasteiger partial charge in [-0.25, -0.2) is 9.18 Å². The van der Waals surface area contributed by atoms with Gasteiger partial charge in [-0.15, -0.1) is 11.3 Å². The molecule has 0 aliphatic heterocycles. The second-order valence-corrected chi connectivity index (χ2v) is 6.48. The van der Waals surface area contributed by atoms with E-state index in [0.29, 0.717) is 11.4 Å². The molecule has 0 bridgehead atoms. The second kappa shape index (κ2) is 6.09. The fourth-order valence-corrected chi connectivity index (χ4v) is 3.09. The summed E-state index contributed by atoms with van der Waals surface area (Å²) in [5.74, 6) is 0.117. The second-order valence-electron chi connectivity index (χ2n) is 5.56. The number of nitrogens with one attached hydrogen (secondary N) is 2. The number of ether oxygens (including phenoxy) is 1. The smallest absolute Gasteiger partial charge is 0.319 e. The first-order valence-electron chi connectivity index (χ1n) is 7.56. The van der Waals surface area contributed by atoms with E-state index in [1.807, 2.05) is 11.4 Å². The molecule has 4 rings (SSSR count). The van der Waals surface area contributed by atoms with Crippen LogP contribution >= 0.6 is 11.3 Å². The lowest BCUT2D eigenvalue weighted by Crippen LogP contribution is -2.30. The molecule has 24 heavy (non-hydrogen) atoms. The Labute approximate surface area is 141 Å². The van der Waals surface area contributed by atoms with Gasteiger partial charge >= 0.3 is 6.03 Å². The van der Waals surface area contributed by atoms with Crippen molar-refractivity contribution in [3.05, 3.63) is 47.7 Å². The van der Waals surface area contributed by atoms with Crippen molar-refractivity contribution in [2.24, 2.45) is 0 Å². The number of urea groups is 1. The quantitative estimate of drug-likeness (QED) is 0.732. The van der Waals surface area contributed by atoms with Gasteiger partial charge in [-0.1, -0.05) is 0 Å². The van der Waals surface area contributed by atoms with Gasteiger partial charge in [-0.3, -0.25) is 4.98 Å². The Morgan fingerprint density at radius 3 is 2.92 bits per heavy atom. The number of carbonyl (C=O) groups is 1. The van der Waals surface area contributed by atoms with Gasteiger partial charge in [0.2, 0.25) is 0 Å². The molecule has 1 aliphatic carbocycles. The number of anilines is 1. The van der Waals surface area contributed by atoms with Crippen LogP contribution in [0.25, 0.3) is 10.2 Å². The molecule has 1 fully saturated rings. The fourth-order valence-electron chi connectivity index (χ4n) is 2.29. The van der Waals surface area contributed by atoms with Gasteiger partial charge in [0.05, 0.1) is 10.2 Å². The molecule has 2 aromatic heterocycles. The maximum atomic E-state index is 14.3. The highest BCUT2D eigenvalue weighted by Crippen LogP contribution is 2.34. The molecule has 5 nitrogen and oxygen atoms in total. The van der Waals surface area contributed by atoms with Crippen molar-refractivity contribution >= 4 is 33.3 Å². The van der Waals surface area contributed by atoms with E-state index in [1.165, 1.54) is 23.5 Å². The first-order chi connectivity index (χ1) is 11.7. The van der Waals surface area contributed by atoms with Crippen LogP contribution in [0.2, 0.25) is 0 Å². The van der Waals surface area contributed by atoms with Crippen molar-refractivity contribution in [2.75, 3.05) is 5.32 Å². The van der Waals surface area contributed by atoms with Crippen LogP contribution in [-0.2, 0) is 0 Å². The van der Waals surface area contributed by atoms with Crippen molar-refractivity contribution in [3.8, 4) is 11.5 Å². The van der Waals surface area contributed by atoms with Crippen LogP contribution in [0.5, 0.6) is 11.5 Å². The molecule has 2 heterocycles. The van der Waals surface area contributed by atoms with Crippen LogP contribution in [0, 0.1) is 5.82 Å². The molecule has 7 heteroatoms. The maximum Gasteiger partial charge on any atom is 0.319 e. The van der Waals surface area contributed by atoms with Gasteiger partial charge in [0.25, 0.3) is 0 Å². The normalized spacial score (nSPS) is 13.7. The van der Waals surface area contributed by atoms with E-state index < -0.39 is 5.82 Å². The minimum absolute atomic E-state index is 0.101. The third-order valence-corrected chi connectivity index (χ3v) is 4.55. The van der Waals surface area contributed by atoms with E-state index >= 15 is 0 Å². The number of pyridine rings is 1. The van der Waals surface area contributed by atoms with E-state index in [9.17, 15) is 9.18 Å². The summed E-state index contributed by atoms with van der Waals surface area (Å²) < 4.78 is 20.8. The minimum atomic E-state index is -0.541. The molecule has 1 aromatic carbocycles. The average molecular weight is 343 g/mol. The van der Waals surface area contributed by atoms with Crippen molar-refractivity contribution < 1.29 is 13.9 Å². The summed E-state index contributed by atoms with van der Waals surface area (Å²) in [6, 6.07) is 7.87. The van der Waals surface area contributed by atoms with Crippen molar-refractivity contribution in [1.29, 1.82) is 0 Å². The molecular formula is C17H14FN3O2S. The molecule has 0 spiro atoms. The standard InChI is InChI=1S/C17H14FN3O2S/c18-12-9-11(21-17(22)20-10-1-2-10)3-4-14(12)23-15-5-7-19-13-6-8-24-16(13)15/h3-10H,1-2H2,(H2,20,21,22). The number of benzene rings is 1. The molecule has 2 N–H and O–H groups in total. The number of aromatic nitrogens is 1. The predicted octanol–water partition coefficient (Wildman–Crippen LogP) is 4.51. The minimum Gasteiger partial charge on any atom is -0.453 e. The predicted molar refractivity (Wildman–Crippen MR) is 91.3 cm³/mol. The zero-order valence-corrected chi connectivity index (χ0v) is 13.4. The van der Waals surface area contributed by atoms with Crippen molar-refractivity contribution in [1.82, 2.24) is 10.3 Å². The molecule has 0 unspecified atom stereocenters. The van der Waals surface area contributed by atoms with Crippen LogP contribution in [0.1, 0.15) is 12.8 Å². The highest BCUT2D eigenvalue weighted by molar-refractivity contribution is 7.17. The van der Waals surface area contributed by atoms with Crippen LogP contribution in [0.4, 0.5) is 14.9 Å². The molecule has 0 radical (unpaired) electrons. The molecule has 0 saturated heterocycles. The zero-order valence-electron chi connectivity index (χ0n) is 12.6. The van der Waals surface area contributed by atoms with Gasteiger partial charge in [0.1, 0.15) is 5.75 Å². The number of hydrogen-bond acceptors (Lipinski definition) is 4. The van der Waals surface area contributed by atoms with Gasteiger partial charge in [0, 0.05) is 30.1 Å². The summed E-state index contributed by atoms with van der Waals surface area (Å²) in [4.78, 5) is 15.9. The average Bonchev–Trinajstić information content (AvgIpc) is 3.22. The lowest BCUT2D eigenvalue weighted by Gasteiger charge is -2.10. The van der Waals surface area contributed by atoms with E-state index in [0.717, 1.165) is 23.1 Å². The highest BCUT2D eigenvalue weighted by Gasteiger charge is 2.23. The maximum absolute atomic E-state index is 14.3. The summed E-state index contributed by atoms with van der Waals surface area (Å²) in [5.41, 5.74) is 1.20. The molecule has 1 saturated carbocycles. The lowest BCUT2D eigenvalue weighted by atomic mass is 10.3. The Hall–Kier alpha value is -2.67. The highest BCUT2D eigenvalue weighted by atomic mass is 32.1. The van der Waals surface area contributed by atoms with Crippen LogP contribution in [0.3, 0.4) is 0 Å². The summed E-state index contributed by atoms with van der Waals surface area (Å²) in [7, 11) is 0.